The second-order valence-corrected chi connectivity index (χ2v) is 4.88. The fourth-order valence-electron chi connectivity index (χ4n) is 2.24. The molecule has 1 N–H and O–H groups in total. The molecule has 1 saturated carbocycles. The third kappa shape index (κ3) is 1.95. The summed E-state index contributed by atoms with van der Waals surface area (Å²) in [5.41, 5.74) is 2.69. The molecule has 1 aliphatic rings. The van der Waals surface area contributed by atoms with Crippen molar-refractivity contribution in [3.05, 3.63) is 48.2 Å². The van der Waals surface area contributed by atoms with E-state index in [1.807, 2.05) is 42.5 Å². The van der Waals surface area contributed by atoms with Crippen LogP contribution in [0.4, 0.5) is 11.5 Å². The second-order valence-electron chi connectivity index (χ2n) is 4.88. The maximum absolute atomic E-state index is 5.33. The molecule has 0 amide bonds. The molecule has 0 atom stereocenters. The van der Waals surface area contributed by atoms with Crippen LogP contribution in [0.15, 0.2) is 47.0 Å². The van der Waals surface area contributed by atoms with Gasteiger partial charge in [-0.05, 0) is 37.1 Å². The number of rotatable bonds is 3. The maximum Gasteiger partial charge on any atom is 0.259 e. The van der Waals surface area contributed by atoms with Gasteiger partial charge in [-0.1, -0.05) is 23.4 Å². The van der Waals surface area contributed by atoms with Crippen LogP contribution in [0.3, 0.4) is 0 Å². The summed E-state index contributed by atoms with van der Waals surface area (Å²) >= 11 is 0. The van der Waals surface area contributed by atoms with Crippen LogP contribution >= 0.6 is 0 Å². The molecular weight excluding hydrogens is 238 g/mol. The molecule has 1 aromatic carbocycles. The highest BCUT2D eigenvalue weighted by atomic mass is 16.5. The highest BCUT2D eigenvalue weighted by Gasteiger charge is 2.29. The molecule has 0 radical (unpaired) electrons. The fourth-order valence-corrected chi connectivity index (χ4v) is 2.24. The van der Waals surface area contributed by atoms with Crippen LogP contribution in [0.25, 0.3) is 11.1 Å². The van der Waals surface area contributed by atoms with Crippen LogP contribution in [-0.2, 0) is 0 Å². The minimum atomic E-state index is 0.580. The number of fused-ring (bicyclic) bond motifs is 1. The normalized spacial score (nSPS) is 14.7. The van der Waals surface area contributed by atoms with Gasteiger partial charge in [-0.15, -0.1) is 0 Å². The Morgan fingerprint density at radius 2 is 1.89 bits per heavy atom. The van der Waals surface area contributed by atoms with Gasteiger partial charge in [0, 0.05) is 11.6 Å². The Kier molecular flexibility index (Phi) is 2.27. The zero-order valence-corrected chi connectivity index (χ0v) is 10.3. The molecule has 1 aliphatic carbocycles. The van der Waals surface area contributed by atoms with Gasteiger partial charge in [-0.3, -0.25) is 0 Å². The predicted molar refractivity (Wildman–Crippen MR) is 73.5 cm³/mol. The van der Waals surface area contributed by atoms with Gasteiger partial charge in [0.2, 0.25) is 0 Å². The van der Waals surface area contributed by atoms with Crippen molar-refractivity contribution < 1.29 is 4.52 Å². The standard InChI is InChI=1S/C15H13N3O/c1-2-4-11(5-3-1)16-13-9-8-12-14(10-6-7-10)18-19-15(12)17-13/h1-5,8-10H,6-7H2,(H,16,17). The highest BCUT2D eigenvalue weighted by molar-refractivity contribution is 5.79. The quantitative estimate of drug-likeness (QED) is 0.768. The van der Waals surface area contributed by atoms with E-state index < -0.39 is 0 Å². The summed E-state index contributed by atoms with van der Waals surface area (Å²) in [4.78, 5) is 4.46. The van der Waals surface area contributed by atoms with Crippen molar-refractivity contribution in [1.29, 1.82) is 0 Å². The summed E-state index contributed by atoms with van der Waals surface area (Å²) in [6.45, 7) is 0. The lowest BCUT2D eigenvalue weighted by Crippen LogP contribution is -1.92. The maximum atomic E-state index is 5.33. The van der Waals surface area contributed by atoms with Crippen LogP contribution in [0.5, 0.6) is 0 Å². The number of anilines is 2. The van der Waals surface area contributed by atoms with E-state index in [-0.39, 0.29) is 0 Å². The van der Waals surface area contributed by atoms with Crippen molar-refractivity contribution in [3.8, 4) is 0 Å². The summed E-state index contributed by atoms with van der Waals surface area (Å²) in [5, 5.41) is 8.43. The van der Waals surface area contributed by atoms with Gasteiger partial charge in [-0.2, -0.15) is 4.98 Å². The zero-order chi connectivity index (χ0) is 12.7. The van der Waals surface area contributed by atoms with Crippen molar-refractivity contribution in [3.63, 3.8) is 0 Å². The van der Waals surface area contributed by atoms with Crippen molar-refractivity contribution in [1.82, 2.24) is 10.1 Å². The van der Waals surface area contributed by atoms with Gasteiger partial charge in [0.05, 0.1) is 11.1 Å². The molecule has 0 saturated heterocycles. The first kappa shape index (κ1) is 10.6. The molecule has 1 fully saturated rings. The Bertz CT molecular complexity index is 717. The van der Waals surface area contributed by atoms with Crippen molar-refractivity contribution in [2.45, 2.75) is 18.8 Å². The Hall–Kier alpha value is -2.36. The second kappa shape index (κ2) is 4.09. The Morgan fingerprint density at radius 3 is 2.68 bits per heavy atom. The lowest BCUT2D eigenvalue weighted by Gasteiger charge is -2.04. The van der Waals surface area contributed by atoms with Crippen LogP contribution in [-0.4, -0.2) is 10.1 Å². The highest BCUT2D eigenvalue weighted by Crippen LogP contribution is 2.42. The van der Waals surface area contributed by atoms with E-state index >= 15 is 0 Å². The molecule has 2 heterocycles. The van der Waals surface area contributed by atoms with Crippen LogP contribution in [0, 0.1) is 0 Å². The Balaban J connectivity index is 1.68. The topological polar surface area (TPSA) is 51.0 Å². The number of hydrogen-bond donors (Lipinski definition) is 1. The summed E-state index contributed by atoms with van der Waals surface area (Å²) in [7, 11) is 0. The predicted octanol–water partition coefficient (Wildman–Crippen LogP) is 3.84. The number of nitrogens with one attached hydrogen (secondary N) is 1. The largest absolute Gasteiger partial charge is 0.340 e. The van der Waals surface area contributed by atoms with Gasteiger partial charge in [0.15, 0.2) is 0 Å². The molecule has 0 spiro atoms. The number of pyridine rings is 1. The number of hydrogen-bond acceptors (Lipinski definition) is 4. The first-order valence-electron chi connectivity index (χ1n) is 6.48. The van der Waals surface area contributed by atoms with E-state index in [1.54, 1.807) is 0 Å². The first-order valence-corrected chi connectivity index (χ1v) is 6.48. The van der Waals surface area contributed by atoms with Gasteiger partial charge in [-0.25, -0.2) is 0 Å². The van der Waals surface area contributed by atoms with E-state index in [9.17, 15) is 0 Å². The van der Waals surface area contributed by atoms with Crippen LogP contribution in [0.2, 0.25) is 0 Å². The van der Waals surface area contributed by atoms with Crippen LogP contribution < -0.4 is 5.32 Å². The van der Waals surface area contributed by atoms with E-state index in [4.69, 9.17) is 4.52 Å². The molecule has 94 valence electrons. The molecule has 3 aromatic rings. The molecule has 4 heteroatoms. The summed E-state index contributed by atoms with van der Waals surface area (Å²) < 4.78 is 5.33. The molecule has 0 aliphatic heterocycles. The Labute approximate surface area is 110 Å². The van der Waals surface area contributed by atoms with Crippen LogP contribution in [0.1, 0.15) is 24.5 Å². The SMILES string of the molecule is c1ccc(Nc2ccc3c(C4CC4)noc3n2)cc1. The molecule has 19 heavy (non-hydrogen) atoms. The Morgan fingerprint density at radius 1 is 1.05 bits per heavy atom. The number of nitrogens with zero attached hydrogens (tertiary/aromatic N) is 2. The van der Waals surface area contributed by atoms with Gasteiger partial charge < -0.3 is 9.84 Å². The zero-order valence-electron chi connectivity index (χ0n) is 10.3. The molecule has 2 aromatic heterocycles. The van der Waals surface area contributed by atoms with Crippen molar-refractivity contribution in [2.24, 2.45) is 0 Å². The average Bonchev–Trinajstić information content (AvgIpc) is 3.20. The van der Waals surface area contributed by atoms with E-state index in [0.29, 0.717) is 11.6 Å². The lowest BCUT2D eigenvalue weighted by atomic mass is 10.2. The summed E-state index contributed by atoms with van der Waals surface area (Å²) in [6.07, 6.45) is 2.43. The monoisotopic (exact) mass is 251 g/mol. The molecule has 4 nitrogen and oxygen atoms in total. The van der Waals surface area contributed by atoms with Gasteiger partial charge in [0.1, 0.15) is 5.82 Å². The third-order valence-electron chi connectivity index (χ3n) is 3.38. The summed E-state index contributed by atoms with van der Waals surface area (Å²) in [5.74, 6) is 1.35. The van der Waals surface area contributed by atoms with E-state index in [2.05, 4.69) is 15.5 Å². The number of benzene rings is 1. The number of para-hydroxylation sites is 1. The van der Waals surface area contributed by atoms with Gasteiger partial charge in [0.25, 0.3) is 5.71 Å². The molecule has 4 rings (SSSR count). The lowest BCUT2D eigenvalue weighted by molar-refractivity contribution is 0.439. The smallest absolute Gasteiger partial charge is 0.259 e. The first-order chi connectivity index (χ1) is 9.40. The minimum Gasteiger partial charge on any atom is -0.340 e. The van der Waals surface area contributed by atoms with Gasteiger partial charge >= 0.3 is 0 Å². The van der Waals surface area contributed by atoms with Crippen molar-refractivity contribution >= 4 is 22.6 Å². The fraction of sp³-hybridized carbons (Fsp3) is 0.200. The minimum absolute atomic E-state index is 0.580. The molecule has 0 unspecified atom stereocenters. The van der Waals surface area contributed by atoms with E-state index in [0.717, 1.165) is 22.6 Å². The average molecular weight is 251 g/mol. The number of aromatic nitrogens is 2. The third-order valence-corrected chi connectivity index (χ3v) is 3.38. The molecule has 0 bridgehead atoms. The summed E-state index contributed by atoms with van der Waals surface area (Å²) in [6, 6.07) is 14.0. The van der Waals surface area contributed by atoms with Crippen molar-refractivity contribution in [2.75, 3.05) is 5.32 Å². The molecular formula is C15H13N3O. The van der Waals surface area contributed by atoms with E-state index in [1.165, 1.54) is 12.8 Å².